The molecule has 0 N–H and O–H groups in total. The molecule has 0 bridgehead atoms. The molecule has 0 spiro atoms. The van der Waals surface area contributed by atoms with E-state index in [1.807, 2.05) is 0 Å². The molecule has 0 aliphatic carbocycles. The lowest BCUT2D eigenvalue weighted by molar-refractivity contribution is -0.384. The Morgan fingerprint density at radius 1 is 1.41 bits per heavy atom. The number of halogens is 1. The SMILES string of the molecule is CN(C)c1ccc(S(=O)(=O)CBr)cc1[N+](=O)[O-]. The molecule has 0 saturated carbocycles. The van der Waals surface area contributed by atoms with E-state index in [4.69, 9.17) is 0 Å². The van der Waals surface area contributed by atoms with E-state index in [0.717, 1.165) is 6.07 Å². The number of sulfone groups is 1. The fourth-order valence-electron chi connectivity index (χ4n) is 1.28. The van der Waals surface area contributed by atoms with Gasteiger partial charge in [-0.15, -0.1) is 0 Å². The Balaban J connectivity index is 3.44. The van der Waals surface area contributed by atoms with Crippen LogP contribution in [0.5, 0.6) is 0 Å². The number of anilines is 1. The first-order valence-electron chi connectivity index (χ1n) is 4.54. The topological polar surface area (TPSA) is 80.5 Å². The molecule has 0 amide bonds. The summed E-state index contributed by atoms with van der Waals surface area (Å²) < 4.78 is 22.9. The highest BCUT2D eigenvalue weighted by Gasteiger charge is 2.21. The van der Waals surface area contributed by atoms with E-state index in [0.29, 0.717) is 5.69 Å². The van der Waals surface area contributed by atoms with Crippen molar-refractivity contribution in [3.8, 4) is 0 Å². The summed E-state index contributed by atoms with van der Waals surface area (Å²) in [5.74, 6) is 0. The van der Waals surface area contributed by atoms with Gasteiger partial charge in [0.15, 0.2) is 9.84 Å². The molecule has 0 atom stereocenters. The highest BCUT2D eigenvalue weighted by molar-refractivity contribution is 9.10. The van der Waals surface area contributed by atoms with Gasteiger partial charge in [-0.2, -0.15) is 0 Å². The number of hydrogen-bond acceptors (Lipinski definition) is 5. The largest absolute Gasteiger partial charge is 0.372 e. The summed E-state index contributed by atoms with van der Waals surface area (Å²) in [6.45, 7) is 0. The van der Waals surface area contributed by atoms with Crippen LogP contribution in [0, 0.1) is 10.1 Å². The fraction of sp³-hybridized carbons (Fsp3) is 0.333. The lowest BCUT2D eigenvalue weighted by atomic mass is 10.2. The van der Waals surface area contributed by atoms with Crippen molar-refractivity contribution in [3.05, 3.63) is 28.3 Å². The lowest BCUT2D eigenvalue weighted by Gasteiger charge is -2.13. The Hall–Kier alpha value is -1.15. The average molecular weight is 323 g/mol. The molecule has 1 aromatic carbocycles. The summed E-state index contributed by atoms with van der Waals surface area (Å²) in [6.07, 6.45) is 0. The minimum absolute atomic E-state index is 0.0633. The molecule has 0 aliphatic heterocycles. The summed E-state index contributed by atoms with van der Waals surface area (Å²) in [5.41, 5.74) is 0.139. The summed E-state index contributed by atoms with van der Waals surface area (Å²) >= 11 is 2.85. The van der Waals surface area contributed by atoms with Gasteiger partial charge >= 0.3 is 0 Å². The van der Waals surface area contributed by atoms with E-state index in [1.165, 1.54) is 12.1 Å². The minimum Gasteiger partial charge on any atom is -0.372 e. The molecule has 8 heteroatoms. The quantitative estimate of drug-likeness (QED) is 0.479. The third-order valence-corrected chi connectivity index (χ3v) is 5.20. The molecular weight excluding hydrogens is 312 g/mol. The molecule has 0 heterocycles. The Kier molecular flexibility index (Phi) is 4.10. The summed E-state index contributed by atoms with van der Waals surface area (Å²) in [4.78, 5) is 11.8. The van der Waals surface area contributed by atoms with Crippen molar-refractivity contribution in [1.82, 2.24) is 0 Å². The van der Waals surface area contributed by atoms with Gasteiger partial charge in [0.1, 0.15) is 10.3 Å². The van der Waals surface area contributed by atoms with Crippen molar-refractivity contribution in [3.63, 3.8) is 0 Å². The van der Waals surface area contributed by atoms with Gasteiger partial charge in [-0.3, -0.25) is 10.1 Å². The normalized spacial score (nSPS) is 11.2. The number of nitro groups is 1. The molecular formula is C9H11BrN2O4S. The van der Waals surface area contributed by atoms with Crippen molar-refractivity contribution in [2.45, 2.75) is 4.90 Å². The maximum absolute atomic E-state index is 11.6. The molecule has 0 radical (unpaired) electrons. The van der Waals surface area contributed by atoms with Gasteiger partial charge in [0.05, 0.1) is 9.82 Å². The van der Waals surface area contributed by atoms with E-state index >= 15 is 0 Å². The highest BCUT2D eigenvalue weighted by atomic mass is 79.9. The predicted octanol–water partition coefficient (Wildman–Crippen LogP) is 1.79. The van der Waals surface area contributed by atoms with Gasteiger partial charge in [-0.1, -0.05) is 15.9 Å². The molecule has 1 aromatic rings. The number of hydrogen-bond donors (Lipinski definition) is 0. The van der Waals surface area contributed by atoms with E-state index < -0.39 is 14.8 Å². The van der Waals surface area contributed by atoms with Crippen LogP contribution in [0.25, 0.3) is 0 Å². The molecule has 94 valence electrons. The van der Waals surface area contributed by atoms with Crippen LogP contribution < -0.4 is 4.90 Å². The summed E-state index contributed by atoms with van der Waals surface area (Å²) in [7, 11) is -0.195. The first kappa shape index (κ1) is 13.9. The number of rotatable bonds is 4. The van der Waals surface area contributed by atoms with Gasteiger partial charge in [0.25, 0.3) is 5.69 Å². The molecule has 0 aromatic heterocycles. The number of nitro benzene ring substituents is 1. The molecule has 0 fully saturated rings. The zero-order valence-corrected chi connectivity index (χ0v) is 11.7. The maximum Gasteiger partial charge on any atom is 0.293 e. The van der Waals surface area contributed by atoms with Gasteiger partial charge < -0.3 is 4.90 Å². The van der Waals surface area contributed by atoms with E-state index in [9.17, 15) is 18.5 Å². The third kappa shape index (κ3) is 2.95. The second kappa shape index (κ2) is 5.01. The van der Waals surface area contributed by atoms with Crippen LogP contribution in [0.3, 0.4) is 0 Å². The number of benzene rings is 1. The Labute approximate surface area is 107 Å². The number of nitrogens with zero attached hydrogens (tertiary/aromatic N) is 2. The summed E-state index contributed by atoms with van der Waals surface area (Å²) in [5, 5.41) is 10.9. The van der Waals surface area contributed by atoms with Crippen molar-refractivity contribution >= 4 is 37.1 Å². The zero-order chi connectivity index (χ0) is 13.2. The van der Waals surface area contributed by atoms with Crippen LogP contribution in [0.4, 0.5) is 11.4 Å². The van der Waals surface area contributed by atoms with Crippen LogP contribution in [-0.4, -0.2) is 32.1 Å². The molecule has 6 nitrogen and oxygen atoms in total. The maximum atomic E-state index is 11.6. The second-order valence-corrected chi connectivity index (χ2v) is 6.82. The third-order valence-electron chi connectivity index (χ3n) is 2.13. The van der Waals surface area contributed by atoms with E-state index in [2.05, 4.69) is 15.9 Å². The standard InChI is InChI=1S/C9H11BrN2O4S/c1-11(2)8-4-3-7(17(15,16)6-10)5-9(8)12(13)14/h3-5H,6H2,1-2H3. The van der Waals surface area contributed by atoms with Crippen LogP contribution in [-0.2, 0) is 9.84 Å². The molecule has 1 rings (SSSR count). The summed E-state index contributed by atoms with van der Waals surface area (Å²) in [6, 6.07) is 3.86. The Morgan fingerprint density at radius 2 is 2.00 bits per heavy atom. The van der Waals surface area contributed by atoms with Crippen molar-refractivity contribution in [2.24, 2.45) is 0 Å². The first-order chi connectivity index (χ1) is 7.79. The van der Waals surface area contributed by atoms with Crippen molar-refractivity contribution in [1.29, 1.82) is 0 Å². The van der Waals surface area contributed by atoms with Gasteiger partial charge in [0.2, 0.25) is 0 Å². The van der Waals surface area contributed by atoms with E-state index in [1.54, 1.807) is 19.0 Å². The van der Waals surface area contributed by atoms with Crippen LogP contribution in [0.1, 0.15) is 0 Å². The van der Waals surface area contributed by atoms with Crippen LogP contribution >= 0.6 is 15.9 Å². The number of alkyl halides is 1. The Morgan fingerprint density at radius 3 is 2.41 bits per heavy atom. The van der Waals surface area contributed by atoms with Crippen molar-refractivity contribution in [2.75, 3.05) is 23.7 Å². The minimum atomic E-state index is -3.50. The van der Waals surface area contributed by atoms with Gasteiger partial charge in [0, 0.05) is 20.2 Å². The monoisotopic (exact) mass is 322 g/mol. The van der Waals surface area contributed by atoms with Gasteiger partial charge in [-0.05, 0) is 12.1 Å². The Bertz CT molecular complexity index is 542. The van der Waals surface area contributed by atoms with E-state index in [-0.39, 0.29) is 15.2 Å². The first-order valence-corrected chi connectivity index (χ1v) is 7.31. The average Bonchev–Trinajstić information content (AvgIpc) is 2.28. The van der Waals surface area contributed by atoms with Crippen LogP contribution in [0.2, 0.25) is 0 Å². The van der Waals surface area contributed by atoms with Gasteiger partial charge in [-0.25, -0.2) is 8.42 Å². The molecule has 17 heavy (non-hydrogen) atoms. The molecule has 0 saturated heterocycles. The second-order valence-electron chi connectivity index (χ2n) is 3.53. The molecule has 0 aliphatic rings. The van der Waals surface area contributed by atoms with Crippen molar-refractivity contribution < 1.29 is 13.3 Å². The smallest absolute Gasteiger partial charge is 0.293 e. The highest BCUT2D eigenvalue weighted by Crippen LogP contribution is 2.30. The van der Waals surface area contributed by atoms with Crippen LogP contribution in [0.15, 0.2) is 23.1 Å². The zero-order valence-electron chi connectivity index (χ0n) is 9.25. The molecule has 0 unspecified atom stereocenters. The lowest BCUT2D eigenvalue weighted by Crippen LogP contribution is -2.12. The fourth-order valence-corrected chi connectivity index (χ4v) is 2.77. The predicted molar refractivity (Wildman–Crippen MR) is 68.4 cm³/mol.